The maximum absolute atomic E-state index is 12.6. The molecule has 0 amide bonds. The van der Waals surface area contributed by atoms with Gasteiger partial charge in [0.05, 0.1) is 0 Å². The van der Waals surface area contributed by atoms with Gasteiger partial charge in [0.1, 0.15) is 0 Å². The predicted molar refractivity (Wildman–Crippen MR) is 55.6 cm³/mol. The van der Waals surface area contributed by atoms with Crippen LogP contribution in [0.15, 0.2) is 24.1 Å². The highest BCUT2D eigenvalue weighted by Crippen LogP contribution is 2.40. The summed E-state index contributed by atoms with van der Waals surface area (Å²) >= 11 is 4.05. The monoisotopic (exact) mass is 392 g/mol. The second kappa shape index (κ2) is 6.21. The number of allylic oxidation sites excluding steroid dienone is 3. The summed E-state index contributed by atoms with van der Waals surface area (Å²) in [4.78, 5) is -5.71. The molecule has 0 radical (unpaired) electrons. The molecule has 0 aliphatic rings. The van der Waals surface area contributed by atoms with Crippen LogP contribution in [0.25, 0.3) is 0 Å². The molecule has 0 N–H and O–H groups in total. The second-order valence-corrected chi connectivity index (χ2v) is 5.04. The molecule has 0 bridgehead atoms. The Balaban J connectivity index is 4.60. The van der Waals surface area contributed by atoms with Crippen LogP contribution in [0.5, 0.6) is 0 Å². The van der Waals surface area contributed by atoms with Crippen molar-refractivity contribution in [1.29, 1.82) is 0 Å². The Hall–Kier alpha value is -0.0500. The minimum Gasteiger partial charge on any atom is -0.206 e. The maximum atomic E-state index is 12.6. The summed E-state index contributed by atoms with van der Waals surface area (Å²) < 4.78 is 85.4. The minimum absolute atomic E-state index is 0.190. The molecular formula is C8H5Br2F7. The molecule has 0 saturated carbocycles. The molecule has 1 atom stereocenters. The van der Waals surface area contributed by atoms with Gasteiger partial charge in [0.25, 0.3) is 0 Å². The molecule has 0 aromatic rings. The zero-order chi connectivity index (χ0) is 13.9. The lowest BCUT2D eigenvalue weighted by Gasteiger charge is -2.17. The zero-order valence-electron chi connectivity index (χ0n) is 7.84. The molecule has 100 valence electrons. The quantitative estimate of drug-likeness (QED) is 0.333. The van der Waals surface area contributed by atoms with Gasteiger partial charge in [-0.1, -0.05) is 22.0 Å². The van der Waals surface area contributed by atoms with Crippen LogP contribution in [0.4, 0.5) is 30.7 Å². The van der Waals surface area contributed by atoms with Crippen molar-refractivity contribution >= 4 is 31.9 Å². The van der Waals surface area contributed by atoms with E-state index in [2.05, 4.69) is 15.9 Å². The van der Waals surface area contributed by atoms with Gasteiger partial charge >= 0.3 is 16.8 Å². The molecule has 0 aliphatic carbocycles. The highest BCUT2D eigenvalue weighted by atomic mass is 79.9. The summed E-state index contributed by atoms with van der Waals surface area (Å²) in [5.74, 6) is -6.31. The van der Waals surface area contributed by atoms with Crippen LogP contribution >= 0.6 is 31.9 Å². The third-order valence-electron chi connectivity index (χ3n) is 1.47. The second-order valence-electron chi connectivity index (χ2n) is 2.87. The van der Waals surface area contributed by atoms with E-state index in [1.807, 2.05) is 0 Å². The largest absolute Gasteiger partial charge is 0.367 e. The van der Waals surface area contributed by atoms with E-state index in [4.69, 9.17) is 0 Å². The Morgan fingerprint density at radius 2 is 1.59 bits per heavy atom. The van der Waals surface area contributed by atoms with Crippen molar-refractivity contribution in [2.45, 2.75) is 22.0 Å². The van der Waals surface area contributed by atoms with Crippen molar-refractivity contribution in [3.63, 3.8) is 0 Å². The topological polar surface area (TPSA) is 0 Å². The van der Waals surface area contributed by atoms with Crippen molar-refractivity contribution in [2.24, 2.45) is 0 Å². The SMILES string of the molecule is FC(F)=C(F)CC(Br)C=CC(F)(F)C(F)(F)Br. The Kier molecular flexibility index (Phi) is 6.20. The molecular weight excluding hydrogens is 389 g/mol. The van der Waals surface area contributed by atoms with Crippen molar-refractivity contribution in [3.8, 4) is 0 Å². The van der Waals surface area contributed by atoms with Gasteiger partial charge < -0.3 is 0 Å². The van der Waals surface area contributed by atoms with Gasteiger partial charge in [-0.15, -0.1) is 0 Å². The van der Waals surface area contributed by atoms with E-state index in [0.717, 1.165) is 0 Å². The lowest BCUT2D eigenvalue weighted by atomic mass is 10.2. The van der Waals surface area contributed by atoms with E-state index in [1.54, 1.807) is 0 Å². The van der Waals surface area contributed by atoms with Crippen LogP contribution in [0.1, 0.15) is 6.42 Å². The molecule has 17 heavy (non-hydrogen) atoms. The lowest BCUT2D eigenvalue weighted by Crippen LogP contribution is -2.32. The predicted octanol–water partition coefficient (Wildman–Crippen LogP) is 5.40. The Morgan fingerprint density at radius 3 is 1.94 bits per heavy atom. The fraction of sp³-hybridized carbons (Fsp3) is 0.500. The molecule has 1 unspecified atom stereocenters. The first-order chi connectivity index (χ1) is 7.47. The maximum Gasteiger partial charge on any atom is 0.367 e. The summed E-state index contributed by atoms with van der Waals surface area (Å²) in [5.41, 5.74) is 0. The van der Waals surface area contributed by atoms with Gasteiger partial charge in [0, 0.05) is 11.2 Å². The van der Waals surface area contributed by atoms with E-state index >= 15 is 0 Å². The van der Waals surface area contributed by atoms with Gasteiger partial charge in [-0.25, -0.2) is 4.39 Å². The number of hydrogen-bond donors (Lipinski definition) is 0. The Bertz CT molecular complexity index is 314. The van der Waals surface area contributed by atoms with E-state index in [-0.39, 0.29) is 6.08 Å². The highest BCUT2D eigenvalue weighted by molar-refractivity contribution is 9.10. The van der Waals surface area contributed by atoms with Crippen LogP contribution in [-0.2, 0) is 0 Å². The molecule has 9 heteroatoms. The van der Waals surface area contributed by atoms with E-state index in [9.17, 15) is 30.7 Å². The summed E-state index contributed by atoms with van der Waals surface area (Å²) in [7, 11) is 0. The van der Waals surface area contributed by atoms with Crippen molar-refractivity contribution in [1.82, 2.24) is 0 Å². The standard InChI is InChI=1S/C8H5Br2F7/c9-4(3-5(11)6(12)13)1-2-7(14,15)8(10,16)17/h1-2,4H,3H2. The third kappa shape index (κ3) is 5.89. The summed E-state index contributed by atoms with van der Waals surface area (Å²) in [6.45, 7) is 0. The number of alkyl halides is 6. The fourth-order valence-electron chi connectivity index (χ4n) is 0.636. The van der Waals surface area contributed by atoms with Gasteiger partial charge in [-0.3, -0.25) is 0 Å². The van der Waals surface area contributed by atoms with E-state index < -0.39 is 33.9 Å². The van der Waals surface area contributed by atoms with Crippen LogP contribution in [0, 0.1) is 0 Å². The molecule has 0 aromatic carbocycles. The van der Waals surface area contributed by atoms with Crippen LogP contribution in [0.3, 0.4) is 0 Å². The number of hydrogen-bond acceptors (Lipinski definition) is 0. The first-order valence-electron chi connectivity index (χ1n) is 3.95. The van der Waals surface area contributed by atoms with Gasteiger partial charge in [0.15, 0.2) is 5.83 Å². The average molecular weight is 394 g/mol. The summed E-state index contributed by atoms with van der Waals surface area (Å²) in [6, 6.07) is 0. The molecule has 0 aromatic heterocycles. The van der Waals surface area contributed by atoms with Crippen LogP contribution < -0.4 is 0 Å². The average Bonchev–Trinajstić information content (AvgIpc) is 2.12. The molecule has 0 fully saturated rings. The molecule has 0 aliphatic heterocycles. The Morgan fingerprint density at radius 1 is 1.12 bits per heavy atom. The van der Waals surface area contributed by atoms with Crippen molar-refractivity contribution < 1.29 is 30.7 Å². The van der Waals surface area contributed by atoms with E-state index in [0.29, 0.717) is 6.08 Å². The third-order valence-corrected chi connectivity index (χ3v) is 2.63. The summed E-state index contributed by atoms with van der Waals surface area (Å²) in [6.07, 6.45) is -3.22. The smallest absolute Gasteiger partial charge is 0.206 e. The first-order valence-corrected chi connectivity index (χ1v) is 5.66. The highest BCUT2D eigenvalue weighted by Gasteiger charge is 2.52. The van der Waals surface area contributed by atoms with Crippen molar-refractivity contribution in [3.05, 3.63) is 24.1 Å². The van der Waals surface area contributed by atoms with Gasteiger partial charge in [-0.2, -0.15) is 26.3 Å². The zero-order valence-corrected chi connectivity index (χ0v) is 11.0. The fourth-order valence-corrected chi connectivity index (χ4v) is 1.21. The Labute approximate surface area is 109 Å². The first kappa shape index (κ1) is 16.9. The van der Waals surface area contributed by atoms with Crippen LogP contribution in [0.2, 0.25) is 0 Å². The molecule has 0 heterocycles. The van der Waals surface area contributed by atoms with Crippen LogP contribution in [-0.4, -0.2) is 15.6 Å². The molecule has 0 saturated heterocycles. The van der Waals surface area contributed by atoms with Gasteiger partial charge in [0.2, 0.25) is 0 Å². The summed E-state index contributed by atoms with van der Waals surface area (Å²) in [5, 5.41) is 0. The molecule has 0 spiro atoms. The molecule has 0 nitrogen and oxygen atoms in total. The number of halogens is 9. The number of rotatable bonds is 5. The minimum atomic E-state index is -4.51. The lowest BCUT2D eigenvalue weighted by molar-refractivity contribution is -0.111. The van der Waals surface area contributed by atoms with E-state index in [1.165, 1.54) is 15.9 Å². The normalized spacial score (nSPS) is 15.1. The van der Waals surface area contributed by atoms with Gasteiger partial charge in [-0.05, 0) is 22.0 Å². The molecule has 0 rings (SSSR count). The van der Waals surface area contributed by atoms with Crippen molar-refractivity contribution in [2.75, 3.05) is 0 Å².